The van der Waals surface area contributed by atoms with Crippen LogP contribution >= 0.6 is 0 Å². The van der Waals surface area contributed by atoms with E-state index in [1.54, 1.807) is 6.20 Å². The molecule has 0 aliphatic carbocycles. The summed E-state index contributed by atoms with van der Waals surface area (Å²) in [7, 11) is 0. The van der Waals surface area contributed by atoms with E-state index in [0.29, 0.717) is 6.04 Å². The summed E-state index contributed by atoms with van der Waals surface area (Å²) >= 11 is 0. The van der Waals surface area contributed by atoms with Gasteiger partial charge in [0.15, 0.2) is 0 Å². The molecular weight excluding hydrogens is 188 g/mol. The third-order valence-electron chi connectivity index (χ3n) is 2.75. The Kier molecular flexibility index (Phi) is 3.16. The maximum atomic E-state index is 4.43. The lowest BCUT2D eigenvalue weighted by molar-refractivity contribution is 0.632. The van der Waals surface area contributed by atoms with Gasteiger partial charge in [-0.1, -0.05) is 0 Å². The zero-order valence-corrected chi connectivity index (χ0v) is 9.38. The van der Waals surface area contributed by atoms with E-state index in [-0.39, 0.29) is 0 Å². The molecule has 1 fully saturated rings. The highest BCUT2D eigenvalue weighted by Crippen LogP contribution is 2.10. The van der Waals surface area contributed by atoms with Crippen molar-refractivity contribution in [1.29, 1.82) is 0 Å². The Bertz CT molecular complexity index is 331. The molecule has 2 heterocycles. The monoisotopic (exact) mass is 206 g/mol. The summed E-state index contributed by atoms with van der Waals surface area (Å²) in [4.78, 5) is 8.71. The van der Waals surface area contributed by atoms with Crippen molar-refractivity contribution in [1.82, 2.24) is 15.3 Å². The van der Waals surface area contributed by atoms with Crippen LogP contribution in [0.15, 0.2) is 6.20 Å². The summed E-state index contributed by atoms with van der Waals surface area (Å²) in [5.41, 5.74) is 1.93. The van der Waals surface area contributed by atoms with Gasteiger partial charge in [0.1, 0.15) is 5.82 Å². The quantitative estimate of drug-likeness (QED) is 0.781. The van der Waals surface area contributed by atoms with Crippen LogP contribution in [-0.4, -0.2) is 29.1 Å². The molecule has 2 rings (SSSR count). The Morgan fingerprint density at radius 2 is 2.40 bits per heavy atom. The first kappa shape index (κ1) is 10.4. The average molecular weight is 206 g/mol. The lowest BCUT2D eigenvalue weighted by Gasteiger charge is -2.13. The molecule has 1 unspecified atom stereocenters. The van der Waals surface area contributed by atoms with Gasteiger partial charge in [-0.05, 0) is 33.2 Å². The normalized spacial score (nSPS) is 20.5. The SMILES string of the molecule is Cc1cnc(C)c(NCC2CCCN2)n1. The lowest BCUT2D eigenvalue weighted by atomic mass is 10.2. The minimum atomic E-state index is 0.590. The third kappa shape index (κ3) is 2.65. The molecule has 15 heavy (non-hydrogen) atoms. The summed E-state index contributed by atoms with van der Waals surface area (Å²) in [6.45, 7) is 6.03. The predicted molar refractivity (Wildman–Crippen MR) is 61.0 cm³/mol. The summed E-state index contributed by atoms with van der Waals surface area (Å²) in [6, 6.07) is 0.590. The molecule has 0 radical (unpaired) electrons. The number of aryl methyl sites for hydroxylation is 2. The molecule has 0 bridgehead atoms. The standard InChI is InChI=1S/C11H18N4/c1-8-6-13-9(2)11(15-8)14-7-10-4-3-5-12-10/h6,10,12H,3-5,7H2,1-2H3,(H,14,15). The van der Waals surface area contributed by atoms with E-state index in [1.807, 2.05) is 13.8 Å². The van der Waals surface area contributed by atoms with Gasteiger partial charge in [-0.25, -0.2) is 4.98 Å². The van der Waals surface area contributed by atoms with E-state index in [2.05, 4.69) is 20.6 Å². The van der Waals surface area contributed by atoms with Gasteiger partial charge in [0.05, 0.1) is 11.4 Å². The van der Waals surface area contributed by atoms with Crippen molar-refractivity contribution in [2.24, 2.45) is 0 Å². The van der Waals surface area contributed by atoms with E-state index < -0.39 is 0 Å². The van der Waals surface area contributed by atoms with Crippen LogP contribution in [0, 0.1) is 13.8 Å². The number of nitrogens with one attached hydrogen (secondary N) is 2. The zero-order chi connectivity index (χ0) is 10.7. The van der Waals surface area contributed by atoms with Crippen LogP contribution in [0.3, 0.4) is 0 Å². The molecule has 82 valence electrons. The van der Waals surface area contributed by atoms with Crippen molar-refractivity contribution in [3.05, 3.63) is 17.6 Å². The molecule has 1 saturated heterocycles. The van der Waals surface area contributed by atoms with Gasteiger partial charge in [-0.3, -0.25) is 4.98 Å². The first-order valence-electron chi connectivity index (χ1n) is 5.53. The number of hydrogen-bond acceptors (Lipinski definition) is 4. The Labute approximate surface area is 90.5 Å². The van der Waals surface area contributed by atoms with Crippen molar-refractivity contribution in [3.8, 4) is 0 Å². The number of nitrogens with zero attached hydrogens (tertiary/aromatic N) is 2. The highest BCUT2D eigenvalue weighted by atomic mass is 15.1. The van der Waals surface area contributed by atoms with E-state index in [9.17, 15) is 0 Å². The fourth-order valence-corrected chi connectivity index (χ4v) is 1.86. The van der Waals surface area contributed by atoms with Crippen LogP contribution in [0.4, 0.5) is 5.82 Å². The number of rotatable bonds is 3. The van der Waals surface area contributed by atoms with E-state index >= 15 is 0 Å². The fraction of sp³-hybridized carbons (Fsp3) is 0.636. The van der Waals surface area contributed by atoms with Gasteiger partial charge in [0.2, 0.25) is 0 Å². The molecule has 4 heteroatoms. The maximum absolute atomic E-state index is 4.43. The zero-order valence-electron chi connectivity index (χ0n) is 9.38. The molecule has 0 amide bonds. The smallest absolute Gasteiger partial charge is 0.147 e. The van der Waals surface area contributed by atoms with Crippen molar-refractivity contribution >= 4 is 5.82 Å². The van der Waals surface area contributed by atoms with Gasteiger partial charge >= 0.3 is 0 Å². The van der Waals surface area contributed by atoms with Crippen molar-refractivity contribution in [2.75, 3.05) is 18.4 Å². The van der Waals surface area contributed by atoms with Crippen molar-refractivity contribution in [3.63, 3.8) is 0 Å². The van der Waals surface area contributed by atoms with Gasteiger partial charge in [0, 0.05) is 18.8 Å². The van der Waals surface area contributed by atoms with Gasteiger partial charge in [-0.2, -0.15) is 0 Å². The molecule has 0 aromatic carbocycles. The van der Waals surface area contributed by atoms with Crippen LogP contribution in [0.25, 0.3) is 0 Å². The Morgan fingerprint density at radius 3 is 3.13 bits per heavy atom. The second-order valence-corrected chi connectivity index (χ2v) is 4.12. The minimum Gasteiger partial charge on any atom is -0.367 e. The summed E-state index contributed by atoms with van der Waals surface area (Å²) in [5, 5.41) is 6.81. The molecule has 1 aromatic heterocycles. The van der Waals surface area contributed by atoms with Gasteiger partial charge in [-0.15, -0.1) is 0 Å². The first-order valence-corrected chi connectivity index (χ1v) is 5.53. The van der Waals surface area contributed by atoms with Gasteiger partial charge in [0.25, 0.3) is 0 Å². The lowest BCUT2D eigenvalue weighted by Crippen LogP contribution is -2.29. The molecular formula is C11H18N4. The predicted octanol–water partition coefficient (Wildman–Crippen LogP) is 1.26. The largest absolute Gasteiger partial charge is 0.367 e. The molecule has 4 nitrogen and oxygen atoms in total. The van der Waals surface area contributed by atoms with Crippen molar-refractivity contribution < 1.29 is 0 Å². The van der Waals surface area contributed by atoms with Crippen molar-refractivity contribution in [2.45, 2.75) is 32.7 Å². The Hall–Kier alpha value is -1.16. The molecule has 1 aliphatic rings. The van der Waals surface area contributed by atoms with E-state index in [4.69, 9.17) is 0 Å². The maximum Gasteiger partial charge on any atom is 0.147 e. The first-order chi connectivity index (χ1) is 7.25. The van der Waals surface area contributed by atoms with Crippen LogP contribution in [0.2, 0.25) is 0 Å². The second-order valence-electron chi connectivity index (χ2n) is 4.12. The highest BCUT2D eigenvalue weighted by Gasteiger charge is 2.13. The second kappa shape index (κ2) is 4.57. The number of anilines is 1. The van der Waals surface area contributed by atoms with Crippen LogP contribution in [0.1, 0.15) is 24.2 Å². The minimum absolute atomic E-state index is 0.590. The topological polar surface area (TPSA) is 49.8 Å². The number of aromatic nitrogens is 2. The highest BCUT2D eigenvalue weighted by molar-refractivity contribution is 5.39. The summed E-state index contributed by atoms with van der Waals surface area (Å²) < 4.78 is 0. The van der Waals surface area contributed by atoms with E-state index in [1.165, 1.54) is 12.8 Å². The molecule has 1 atom stereocenters. The molecule has 0 spiro atoms. The molecule has 1 aromatic rings. The Morgan fingerprint density at radius 1 is 1.53 bits per heavy atom. The fourth-order valence-electron chi connectivity index (χ4n) is 1.86. The van der Waals surface area contributed by atoms with Crippen LogP contribution in [0.5, 0.6) is 0 Å². The summed E-state index contributed by atoms with van der Waals surface area (Å²) in [6.07, 6.45) is 4.34. The average Bonchev–Trinajstić information content (AvgIpc) is 2.72. The number of hydrogen-bond donors (Lipinski definition) is 2. The molecule has 0 saturated carbocycles. The molecule has 1 aliphatic heterocycles. The van der Waals surface area contributed by atoms with Crippen LogP contribution in [-0.2, 0) is 0 Å². The molecule has 2 N–H and O–H groups in total. The van der Waals surface area contributed by atoms with E-state index in [0.717, 1.165) is 30.3 Å². The Balaban J connectivity index is 1.94. The van der Waals surface area contributed by atoms with Crippen LogP contribution < -0.4 is 10.6 Å². The summed E-state index contributed by atoms with van der Waals surface area (Å²) in [5.74, 6) is 0.920. The van der Waals surface area contributed by atoms with Gasteiger partial charge < -0.3 is 10.6 Å². The third-order valence-corrected chi connectivity index (χ3v) is 2.75.